The van der Waals surface area contributed by atoms with Gasteiger partial charge in [0, 0.05) is 17.7 Å². The lowest BCUT2D eigenvalue weighted by atomic mass is 10.1. The molecule has 0 aliphatic heterocycles. The van der Waals surface area contributed by atoms with E-state index >= 15 is 0 Å². The first kappa shape index (κ1) is 15.3. The minimum atomic E-state index is -0.0832. The number of nitrogens with one attached hydrogen (secondary N) is 1. The van der Waals surface area contributed by atoms with Gasteiger partial charge in [-0.3, -0.25) is 4.79 Å². The van der Waals surface area contributed by atoms with E-state index in [1.165, 1.54) is 5.56 Å². The molecule has 1 heterocycles. The van der Waals surface area contributed by atoms with Gasteiger partial charge in [-0.25, -0.2) is 0 Å². The van der Waals surface area contributed by atoms with Crippen molar-refractivity contribution >= 4 is 17.2 Å². The highest BCUT2D eigenvalue weighted by atomic mass is 32.1. The van der Waals surface area contributed by atoms with Crippen molar-refractivity contribution in [2.24, 2.45) is 5.73 Å². The van der Waals surface area contributed by atoms with Gasteiger partial charge in [0.05, 0.1) is 6.54 Å². The number of carbonyl (C=O) groups is 1. The minimum absolute atomic E-state index is 0.0832. The molecule has 1 amide bonds. The third-order valence-electron chi connectivity index (χ3n) is 3.08. The van der Waals surface area contributed by atoms with Crippen molar-refractivity contribution in [1.82, 2.24) is 5.32 Å². The number of rotatable bonds is 3. The van der Waals surface area contributed by atoms with Crippen LogP contribution in [0, 0.1) is 25.7 Å². The highest BCUT2D eigenvalue weighted by Crippen LogP contribution is 2.14. The summed E-state index contributed by atoms with van der Waals surface area (Å²) >= 11 is 1.65. The van der Waals surface area contributed by atoms with E-state index in [9.17, 15) is 4.79 Å². The summed E-state index contributed by atoms with van der Waals surface area (Å²) in [4.78, 5) is 12.2. The monoisotopic (exact) mass is 298 g/mol. The van der Waals surface area contributed by atoms with Crippen molar-refractivity contribution in [3.8, 4) is 11.8 Å². The molecule has 2 rings (SSSR count). The zero-order valence-corrected chi connectivity index (χ0v) is 13.0. The molecule has 0 saturated heterocycles. The van der Waals surface area contributed by atoms with Crippen LogP contribution in [-0.2, 0) is 6.54 Å². The smallest absolute Gasteiger partial charge is 0.251 e. The maximum absolute atomic E-state index is 12.2. The predicted molar refractivity (Wildman–Crippen MR) is 87.3 cm³/mol. The van der Waals surface area contributed by atoms with Crippen LogP contribution in [0.25, 0.3) is 0 Å². The summed E-state index contributed by atoms with van der Waals surface area (Å²) in [5.41, 5.74) is 10.2. The Morgan fingerprint density at radius 3 is 2.76 bits per heavy atom. The molecule has 0 spiro atoms. The number of benzene rings is 1. The van der Waals surface area contributed by atoms with Gasteiger partial charge in [0.15, 0.2) is 0 Å². The van der Waals surface area contributed by atoms with Crippen molar-refractivity contribution < 1.29 is 4.79 Å². The Bertz CT molecular complexity index is 707. The van der Waals surface area contributed by atoms with Crippen LogP contribution in [0.3, 0.4) is 0 Å². The number of aryl methyl sites for hydroxylation is 2. The Balaban J connectivity index is 2.11. The van der Waals surface area contributed by atoms with E-state index in [4.69, 9.17) is 5.73 Å². The fourth-order valence-corrected chi connectivity index (χ4v) is 2.84. The van der Waals surface area contributed by atoms with Crippen molar-refractivity contribution in [2.45, 2.75) is 20.4 Å². The Morgan fingerprint density at radius 1 is 1.29 bits per heavy atom. The third-order valence-corrected chi connectivity index (χ3v) is 3.99. The summed E-state index contributed by atoms with van der Waals surface area (Å²) in [6.45, 7) is 4.86. The average molecular weight is 298 g/mol. The lowest BCUT2D eigenvalue weighted by molar-refractivity contribution is 0.0951. The van der Waals surface area contributed by atoms with E-state index < -0.39 is 0 Å². The van der Waals surface area contributed by atoms with Gasteiger partial charge >= 0.3 is 0 Å². The molecule has 0 aliphatic carbocycles. The summed E-state index contributed by atoms with van der Waals surface area (Å²) in [7, 11) is 0. The van der Waals surface area contributed by atoms with Crippen LogP contribution in [0.4, 0.5) is 0 Å². The van der Waals surface area contributed by atoms with Gasteiger partial charge in [-0.1, -0.05) is 11.8 Å². The number of amides is 1. The van der Waals surface area contributed by atoms with Crippen LogP contribution in [0.15, 0.2) is 29.0 Å². The van der Waals surface area contributed by atoms with Crippen molar-refractivity contribution in [2.75, 3.05) is 6.54 Å². The molecule has 0 radical (unpaired) electrons. The Labute approximate surface area is 129 Å². The predicted octanol–water partition coefficient (Wildman–Crippen LogP) is 2.61. The zero-order chi connectivity index (χ0) is 15.2. The van der Waals surface area contributed by atoms with Gasteiger partial charge in [-0.15, -0.1) is 0 Å². The maximum Gasteiger partial charge on any atom is 0.251 e. The molecule has 3 nitrogen and oxygen atoms in total. The molecular formula is C17H18N2OS. The quantitative estimate of drug-likeness (QED) is 0.856. The van der Waals surface area contributed by atoms with E-state index in [0.29, 0.717) is 18.7 Å². The molecule has 0 aliphatic rings. The molecule has 2 aromatic rings. The minimum Gasteiger partial charge on any atom is -0.348 e. The van der Waals surface area contributed by atoms with Crippen molar-refractivity contribution in [3.63, 3.8) is 0 Å². The van der Waals surface area contributed by atoms with E-state index in [1.807, 2.05) is 26.0 Å². The van der Waals surface area contributed by atoms with Gasteiger partial charge in [-0.2, -0.15) is 11.3 Å². The fourth-order valence-electron chi connectivity index (χ4n) is 1.98. The standard InChI is InChI=1S/C17H18N2OS/c1-12-6-14(4-3-5-18)8-15(7-12)17(20)19-9-16-11-21-10-13(16)2/h6-8,10-11H,5,9,18H2,1-2H3,(H,19,20). The molecule has 108 valence electrons. The van der Waals surface area contributed by atoms with Crippen molar-refractivity contribution in [1.29, 1.82) is 0 Å². The number of nitrogens with two attached hydrogens (primary N) is 1. The fraction of sp³-hybridized carbons (Fsp3) is 0.235. The normalized spacial score (nSPS) is 9.86. The zero-order valence-electron chi connectivity index (χ0n) is 12.2. The second-order valence-electron chi connectivity index (χ2n) is 4.86. The molecule has 0 fully saturated rings. The molecule has 1 aromatic carbocycles. The molecule has 0 saturated carbocycles. The number of carbonyl (C=O) groups excluding carboxylic acids is 1. The second kappa shape index (κ2) is 7.07. The molecule has 0 atom stereocenters. The van der Waals surface area contributed by atoms with Crippen LogP contribution in [0.2, 0.25) is 0 Å². The molecular weight excluding hydrogens is 280 g/mol. The van der Waals surface area contributed by atoms with E-state index in [2.05, 4.69) is 27.9 Å². The van der Waals surface area contributed by atoms with Gasteiger partial charge in [0.2, 0.25) is 0 Å². The Morgan fingerprint density at radius 2 is 2.10 bits per heavy atom. The lowest BCUT2D eigenvalue weighted by Gasteiger charge is -2.07. The summed E-state index contributed by atoms with van der Waals surface area (Å²) in [5.74, 6) is 5.69. The first-order chi connectivity index (χ1) is 10.1. The number of thiophene rings is 1. The highest BCUT2D eigenvalue weighted by molar-refractivity contribution is 7.08. The molecule has 0 bridgehead atoms. The van der Waals surface area contributed by atoms with Crippen LogP contribution < -0.4 is 11.1 Å². The maximum atomic E-state index is 12.2. The van der Waals surface area contributed by atoms with Crippen LogP contribution >= 0.6 is 11.3 Å². The van der Waals surface area contributed by atoms with Crippen LogP contribution in [-0.4, -0.2) is 12.5 Å². The molecule has 4 heteroatoms. The summed E-state index contributed by atoms with van der Waals surface area (Å²) in [6, 6.07) is 5.61. The molecule has 0 unspecified atom stereocenters. The van der Waals surface area contributed by atoms with E-state index in [-0.39, 0.29) is 5.91 Å². The largest absolute Gasteiger partial charge is 0.348 e. The van der Waals surface area contributed by atoms with Crippen LogP contribution in [0.1, 0.15) is 32.6 Å². The van der Waals surface area contributed by atoms with Crippen LogP contribution in [0.5, 0.6) is 0 Å². The Hall–Kier alpha value is -2.09. The topological polar surface area (TPSA) is 55.1 Å². The van der Waals surface area contributed by atoms with Gasteiger partial charge < -0.3 is 11.1 Å². The summed E-state index contributed by atoms with van der Waals surface area (Å²) in [6.07, 6.45) is 0. The Kier molecular flexibility index (Phi) is 5.15. The summed E-state index contributed by atoms with van der Waals surface area (Å²) < 4.78 is 0. The van der Waals surface area contributed by atoms with Gasteiger partial charge in [-0.05, 0) is 59.5 Å². The molecule has 1 aromatic heterocycles. The number of hydrogen-bond acceptors (Lipinski definition) is 3. The van der Waals surface area contributed by atoms with E-state index in [1.54, 1.807) is 17.4 Å². The lowest BCUT2D eigenvalue weighted by Crippen LogP contribution is -2.23. The highest BCUT2D eigenvalue weighted by Gasteiger charge is 2.08. The second-order valence-corrected chi connectivity index (χ2v) is 5.60. The first-order valence-electron chi connectivity index (χ1n) is 6.70. The summed E-state index contributed by atoms with van der Waals surface area (Å²) in [5, 5.41) is 7.09. The molecule has 21 heavy (non-hydrogen) atoms. The average Bonchev–Trinajstić information content (AvgIpc) is 2.87. The molecule has 3 N–H and O–H groups in total. The third kappa shape index (κ3) is 4.19. The van der Waals surface area contributed by atoms with E-state index in [0.717, 1.165) is 16.7 Å². The number of hydrogen-bond donors (Lipinski definition) is 2. The first-order valence-corrected chi connectivity index (χ1v) is 7.65. The van der Waals surface area contributed by atoms with Gasteiger partial charge in [0.1, 0.15) is 0 Å². The van der Waals surface area contributed by atoms with Crippen molar-refractivity contribution in [3.05, 3.63) is 56.8 Å². The van der Waals surface area contributed by atoms with Gasteiger partial charge in [0.25, 0.3) is 5.91 Å². The SMILES string of the molecule is Cc1cc(C#CCN)cc(C(=O)NCc2cscc2C)c1.